The van der Waals surface area contributed by atoms with Crippen molar-refractivity contribution in [2.75, 3.05) is 7.11 Å². The van der Waals surface area contributed by atoms with E-state index in [1.165, 1.54) is 161 Å². The van der Waals surface area contributed by atoms with E-state index in [0.717, 1.165) is 216 Å². The van der Waals surface area contributed by atoms with Crippen molar-refractivity contribution < 1.29 is 44.2 Å². The molecule has 9 nitrogen and oxygen atoms in total. The van der Waals surface area contributed by atoms with E-state index in [0.29, 0.717) is 80.8 Å². The minimum atomic E-state index is -3.61. The molecule has 15 aliphatic rings. The van der Waals surface area contributed by atoms with Crippen molar-refractivity contribution in [2.45, 2.75) is 451 Å². The van der Waals surface area contributed by atoms with Gasteiger partial charge in [-0.15, -0.1) is 0 Å². The minimum absolute atomic E-state index is 0.00435. The van der Waals surface area contributed by atoms with Crippen LogP contribution in [0.2, 0.25) is 0 Å². The summed E-state index contributed by atoms with van der Waals surface area (Å²) in [4.78, 5) is 0.416. The number of hydrogen-bond donors (Lipinski definition) is 7. The number of aliphatic hydroxyl groups is 7. The first kappa shape index (κ1) is 92.6. The van der Waals surface area contributed by atoms with Gasteiger partial charge in [-0.2, -0.15) is 0 Å². The molecule has 0 saturated heterocycles. The van der Waals surface area contributed by atoms with Gasteiger partial charge in [-0.25, -0.2) is 8.42 Å². The van der Waals surface area contributed by atoms with Crippen LogP contribution < -0.4 is 0 Å². The molecular weight excluding hydrogens is 1450 g/mol. The number of benzene rings is 1. The largest absolute Gasteiger partial charge is 0.400 e. The second-order valence-electron chi connectivity index (χ2n) is 49.7. The van der Waals surface area contributed by atoms with Crippen LogP contribution >= 0.6 is 0 Å². The maximum atomic E-state index is 14.5. The summed E-state index contributed by atoms with van der Waals surface area (Å²) < 4.78 is 29.1. The molecule has 0 aromatic heterocycles. The van der Waals surface area contributed by atoms with Crippen LogP contribution in [0.25, 0.3) is 0 Å². The number of sulfone groups is 1. The van der Waals surface area contributed by atoms with Gasteiger partial charge in [-0.3, -0.25) is 0 Å². The second kappa shape index (κ2) is 34.9. The Kier molecular flexibility index (Phi) is 27.9. The van der Waals surface area contributed by atoms with Crippen LogP contribution in [0.15, 0.2) is 35.2 Å². The Morgan fingerprint density at radius 3 is 0.940 bits per heavy atom. The van der Waals surface area contributed by atoms with E-state index in [2.05, 4.69) is 118 Å². The van der Waals surface area contributed by atoms with Crippen molar-refractivity contribution in [1.82, 2.24) is 0 Å². The molecule has 16 rings (SSSR count). The molecule has 10 heteroatoms. The van der Waals surface area contributed by atoms with Crippen LogP contribution in [0.4, 0.5) is 0 Å². The Morgan fingerprint density at radius 1 is 0.328 bits per heavy atom. The number of rotatable bonds is 17. The molecule has 0 heterocycles. The standard InChI is InChI=1S/C39H62O4S.2C33H58O2.CH4O/c1-26(2)28-16-20-39(41,21-17-28)25-35(44(42,43)30-10-8-7-9-11-30)27(3)32-14-15-33-31-13-12-29-24-36(4,40)22-23-37(29,5)34(31)18-19-38(32,33)6;2*1-22(2)24-12-17-33(35,18-13-24)16-11-23(3)27-9-10-28-26-8-7-25-21-30(4,34)19-20-31(25,5)29(26)14-15-32(27,28)6;1-2/h7-11,26-29,31-35,40-41H,12-25H2,1-6H3;2*22-29,34-35H,7-21H2,1-6H3;2H,1H3/t27-,28?,29-,31-,32+,33-,34-,35?,36-,37-,38+,39?;2*23-,24?,25+,26+,27-,28+,29+,30+,31+,32-,33?;/m011./s1. The first-order valence-corrected chi connectivity index (χ1v) is 52.0. The Hall–Kier alpha value is -1.11. The number of aliphatic hydroxyl groups excluding tert-OH is 1. The molecular formula is C106H182O9S. The molecule has 1 aromatic carbocycles. The Labute approximate surface area is 712 Å². The van der Waals surface area contributed by atoms with Crippen LogP contribution in [0.1, 0.15) is 407 Å². The molecule has 0 aliphatic heterocycles. The van der Waals surface area contributed by atoms with E-state index < -0.39 is 37.5 Å². The highest BCUT2D eigenvalue weighted by Gasteiger charge is 2.66. The predicted octanol–water partition coefficient (Wildman–Crippen LogP) is 25.2. The molecule has 116 heavy (non-hydrogen) atoms. The quantitative estimate of drug-likeness (QED) is 0.0800. The summed E-state index contributed by atoms with van der Waals surface area (Å²) in [6, 6.07) is 9.10. The molecule has 15 aliphatic carbocycles. The summed E-state index contributed by atoms with van der Waals surface area (Å²) in [5.41, 5.74) is -0.593. The molecule has 0 spiro atoms. The summed E-state index contributed by atoms with van der Waals surface area (Å²) in [6.45, 7) is 43.2. The van der Waals surface area contributed by atoms with Crippen LogP contribution in [0, 0.1) is 175 Å². The molecule has 15 fully saturated rings. The van der Waals surface area contributed by atoms with Crippen molar-refractivity contribution in [3.8, 4) is 0 Å². The molecule has 0 bridgehead atoms. The molecule has 666 valence electrons. The zero-order chi connectivity index (χ0) is 84.2. The molecule has 28 atom stereocenters. The lowest BCUT2D eigenvalue weighted by atomic mass is 9.43. The molecule has 0 amide bonds. The van der Waals surface area contributed by atoms with Gasteiger partial charge in [-0.05, 0) is 490 Å². The lowest BCUT2D eigenvalue weighted by Crippen LogP contribution is -2.56. The normalized spacial score (nSPS) is 49.4. The second-order valence-corrected chi connectivity index (χ2v) is 51.8. The van der Waals surface area contributed by atoms with E-state index in [4.69, 9.17) is 5.11 Å². The summed E-state index contributed by atoms with van der Waals surface area (Å²) >= 11 is 0. The predicted molar refractivity (Wildman–Crippen MR) is 479 cm³/mol. The van der Waals surface area contributed by atoms with Crippen LogP contribution in [0.5, 0.6) is 0 Å². The van der Waals surface area contributed by atoms with Gasteiger partial charge < -0.3 is 35.7 Å². The molecule has 0 radical (unpaired) electrons. The van der Waals surface area contributed by atoms with Gasteiger partial charge in [0.25, 0.3) is 0 Å². The molecule has 15 saturated carbocycles. The molecule has 1 aromatic rings. The van der Waals surface area contributed by atoms with Crippen LogP contribution in [-0.4, -0.2) is 90.1 Å². The highest BCUT2D eigenvalue weighted by Crippen LogP contribution is 2.73. The maximum absolute atomic E-state index is 14.5. The third kappa shape index (κ3) is 18.0. The van der Waals surface area contributed by atoms with Gasteiger partial charge in [0.2, 0.25) is 0 Å². The van der Waals surface area contributed by atoms with Gasteiger partial charge in [0, 0.05) is 7.11 Å². The first-order chi connectivity index (χ1) is 54.3. The van der Waals surface area contributed by atoms with Crippen molar-refractivity contribution in [1.29, 1.82) is 0 Å². The van der Waals surface area contributed by atoms with E-state index >= 15 is 0 Å². The number of hydrogen-bond acceptors (Lipinski definition) is 9. The van der Waals surface area contributed by atoms with E-state index in [1.54, 1.807) is 12.1 Å². The fourth-order valence-corrected chi connectivity index (χ4v) is 36.9. The summed E-state index contributed by atoms with van der Waals surface area (Å²) in [6.07, 6.45) is 51.1. The van der Waals surface area contributed by atoms with Crippen molar-refractivity contribution in [3.05, 3.63) is 30.3 Å². The van der Waals surface area contributed by atoms with Crippen LogP contribution in [0.3, 0.4) is 0 Å². The highest BCUT2D eigenvalue weighted by molar-refractivity contribution is 7.92. The lowest BCUT2D eigenvalue weighted by Gasteiger charge is -2.62. The zero-order valence-electron chi connectivity index (χ0n) is 78.3. The van der Waals surface area contributed by atoms with Gasteiger partial charge in [-0.1, -0.05) is 122 Å². The van der Waals surface area contributed by atoms with E-state index in [9.17, 15) is 39.1 Å². The Balaban J connectivity index is 0.000000151. The Bertz CT molecular complexity index is 3340. The topological polar surface area (TPSA) is 176 Å². The van der Waals surface area contributed by atoms with Crippen molar-refractivity contribution in [3.63, 3.8) is 0 Å². The number of fused-ring (bicyclic) bond motifs is 15. The summed E-state index contributed by atoms with van der Waals surface area (Å²) in [5, 5.41) is 73.7. The smallest absolute Gasteiger partial charge is 0.181 e. The third-order valence-electron chi connectivity index (χ3n) is 42.6. The van der Waals surface area contributed by atoms with Gasteiger partial charge >= 0.3 is 0 Å². The fraction of sp³-hybridized carbons (Fsp3) is 0.943. The van der Waals surface area contributed by atoms with Crippen LogP contribution in [-0.2, 0) is 9.84 Å². The maximum Gasteiger partial charge on any atom is 0.181 e. The third-order valence-corrected chi connectivity index (χ3v) is 44.9. The molecule has 1 unspecified atom stereocenters. The van der Waals surface area contributed by atoms with Gasteiger partial charge in [0.05, 0.1) is 43.8 Å². The monoisotopic (exact) mass is 1630 g/mol. The van der Waals surface area contributed by atoms with E-state index in [-0.39, 0.29) is 22.5 Å². The zero-order valence-corrected chi connectivity index (χ0v) is 79.1. The van der Waals surface area contributed by atoms with Crippen molar-refractivity contribution >= 4 is 9.84 Å². The Morgan fingerprint density at radius 2 is 0.621 bits per heavy atom. The summed E-state index contributed by atoms with van der Waals surface area (Å²) in [5.74, 6) is 17.6. The van der Waals surface area contributed by atoms with Gasteiger partial charge in [0.15, 0.2) is 9.84 Å². The van der Waals surface area contributed by atoms with Crippen molar-refractivity contribution in [2.24, 2.45) is 175 Å². The first-order valence-electron chi connectivity index (χ1n) is 50.4. The SMILES string of the molecule is CC(C)C1CCC(O)(CC([C@@H](C)[C@H]2CC[C@H]3[C@@H]4CC[C@H]5C[C@@](C)(O)CC[C@]5(C)[C@H]4CC[C@]23C)S(=O)(=O)c2ccccc2)CC1.CC(C)C1CCC(O)(CC[C@@H](C)[C@H]2CC[C@H]3[C@@H]4CC[C@H]5C[C@@](C)(O)CC[C@]5(C)[C@H]4CC[C@]23C)CC1.CC(C)C1CCC(O)(CC[C@@H](C)[C@H]2CC[C@H]3[C@@H]4CC[C@H]5C[C@@](C)(O)CC[C@]5(C)[C@H]4CC[C@]23C)CC1.CO. The highest BCUT2D eigenvalue weighted by atomic mass is 32.2. The minimum Gasteiger partial charge on any atom is -0.400 e. The molecule has 7 N–H and O–H groups in total. The average Bonchev–Trinajstić information content (AvgIpc) is 1.41. The lowest BCUT2D eigenvalue weighted by molar-refractivity contribution is -0.148. The van der Waals surface area contributed by atoms with Gasteiger partial charge in [0.1, 0.15) is 0 Å². The average molecular weight is 1630 g/mol. The van der Waals surface area contributed by atoms with E-state index in [1.807, 2.05) is 25.1 Å². The fourth-order valence-electron chi connectivity index (χ4n) is 34.8. The summed E-state index contributed by atoms with van der Waals surface area (Å²) in [7, 11) is -2.61.